The molecule has 3 aromatic rings. The molecule has 0 bridgehead atoms. The first kappa shape index (κ1) is 27.7. The Morgan fingerprint density at radius 1 is 0.825 bits per heavy atom. The summed E-state index contributed by atoms with van der Waals surface area (Å²) in [5.41, 5.74) is 0.911. The number of amides is 2. The molecule has 40 heavy (non-hydrogen) atoms. The molecule has 9 heteroatoms. The number of halogens is 3. The van der Waals surface area contributed by atoms with Crippen molar-refractivity contribution in [1.29, 1.82) is 0 Å². The van der Waals surface area contributed by atoms with E-state index < -0.39 is 11.7 Å². The topological polar surface area (TPSA) is 53.1 Å². The van der Waals surface area contributed by atoms with Crippen LogP contribution in [0.2, 0.25) is 0 Å². The molecule has 0 saturated carbocycles. The van der Waals surface area contributed by atoms with Crippen molar-refractivity contribution in [2.24, 2.45) is 5.92 Å². The number of carbonyl (C=O) groups is 2. The Kier molecular flexibility index (Phi) is 8.12. The molecular formula is C31H32F3N3O3. The summed E-state index contributed by atoms with van der Waals surface area (Å²) in [6.07, 6.45) is -3.70. The minimum atomic E-state index is -4.40. The Bertz CT molecular complexity index is 1310. The summed E-state index contributed by atoms with van der Waals surface area (Å²) in [7, 11) is 0. The van der Waals surface area contributed by atoms with Crippen molar-refractivity contribution in [3.05, 3.63) is 95.6 Å². The maximum atomic E-state index is 13.3. The molecule has 2 atom stereocenters. The molecule has 0 aromatic heterocycles. The van der Waals surface area contributed by atoms with Crippen LogP contribution in [0.3, 0.4) is 0 Å². The quantitative estimate of drug-likeness (QED) is 0.415. The van der Waals surface area contributed by atoms with Crippen LogP contribution < -0.4 is 4.74 Å². The van der Waals surface area contributed by atoms with Crippen LogP contribution in [0.15, 0.2) is 78.9 Å². The second-order valence-corrected chi connectivity index (χ2v) is 10.5. The Morgan fingerprint density at radius 2 is 1.40 bits per heavy atom. The van der Waals surface area contributed by atoms with E-state index in [0.717, 1.165) is 30.8 Å². The fourth-order valence-corrected chi connectivity index (χ4v) is 5.40. The van der Waals surface area contributed by atoms with Gasteiger partial charge in [0.2, 0.25) is 5.91 Å². The normalized spacial score (nSPS) is 18.6. The fraction of sp³-hybridized carbons (Fsp3) is 0.355. The summed E-state index contributed by atoms with van der Waals surface area (Å²) in [4.78, 5) is 32.6. The predicted molar refractivity (Wildman–Crippen MR) is 145 cm³/mol. The van der Waals surface area contributed by atoms with E-state index in [-0.39, 0.29) is 29.5 Å². The van der Waals surface area contributed by atoms with Crippen LogP contribution in [0.4, 0.5) is 13.2 Å². The number of ether oxygens (including phenoxy) is 1. The summed E-state index contributed by atoms with van der Waals surface area (Å²) in [6, 6.07) is 21.2. The van der Waals surface area contributed by atoms with Gasteiger partial charge in [-0.15, -0.1) is 0 Å². The third-order valence-electron chi connectivity index (χ3n) is 7.62. The van der Waals surface area contributed by atoms with Gasteiger partial charge >= 0.3 is 6.18 Å². The molecule has 6 nitrogen and oxygen atoms in total. The summed E-state index contributed by atoms with van der Waals surface area (Å²) in [5, 5.41) is 0. The molecule has 210 valence electrons. The molecule has 2 heterocycles. The molecule has 2 fully saturated rings. The molecule has 2 saturated heterocycles. The third-order valence-corrected chi connectivity index (χ3v) is 7.62. The number of hydrogen-bond donors (Lipinski definition) is 0. The van der Waals surface area contributed by atoms with Gasteiger partial charge in [0.1, 0.15) is 11.5 Å². The number of carbonyl (C=O) groups excluding carboxylic acids is 2. The monoisotopic (exact) mass is 551 g/mol. The van der Waals surface area contributed by atoms with Crippen LogP contribution >= 0.6 is 0 Å². The van der Waals surface area contributed by atoms with Gasteiger partial charge in [-0.05, 0) is 60.5 Å². The zero-order valence-electron chi connectivity index (χ0n) is 22.3. The Hall–Kier alpha value is -3.85. The predicted octanol–water partition coefficient (Wildman–Crippen LogP) is 5.35. The lowest BCUT2D eigenvalue weighted by Gasteiger charge is -2.47. The maximum Gasteiger partial charge on any atom is 0.416 e. The highest BCUT2D eigenvalue weighted by molar-refractivity contribution is 5.94. The van der Waals surface area contributed by atoms with Crippen LogP contribution in [-0.4, -0.2) is 71.8 Å². The first-order valence-corrected chi connectivity index (χ1v) is 13.5. The highest BCUT2D eigenvalue weighted by Gasteiger charge is 2.36. The van der Waals surface area contributed by atoms with Crippen molar-refractivity contribution in [3.8, 4) is 11.5 Å². The van der Waals surface area contributed by atoms with Crippen molar-refractivity contribution in [3.63, 3.8) is 0 Å². The first-order chi connectivity index (χ1) is 19.2. The lowest BCUT2D eigenvalue weighted by molar-refractivity contribution is -0.139. The Labute approximate surface area is 231 Å². The summed E-state index contributed by atoms with van der Waals surface area (Å²) in [5.74, 6) is 0.640. The number of piperazine rings is 2. The van der Waals surface area contributed by atoms with Gasteiger partial charge in [-0.25, -0.2) is 0 Å². The van der Waals surface area contributed by atoms with Crippen molar-refractivity contribution in [1.82, 2.24) is 14.7 Å². The largest absolute Gasteiger partial charge is 0.457 e. The second kappa shape index (κ2) is 11.7. The van der Waals surface area contributed by atoms with E-state index in [0.29, 0.717) is 43.9 Å². The van der Waals surface area contributed by atoms with Crippen molar-refractivity contribution in [2.45, 2.75) is 25.6 Å². The SMILES string of the molecule is CC(Cc1ccccc1)C(=O)N1CCN2CCN(C(=O)c3ccc(Oc4ccc(C(F)(F)F)cc4)cc3)CC2C1. The highest BCUT2D eigenvalue weighted by atomic mass is 19.4. The molecule has 2 unspecified atom stereocenters. The van der Waals surface area contributed by atoms with Crippen molar-refractivity contribution < 1.29 is 27.5 Å². The van der Waals surface area contributed by atoms with Gasteiger partial charge in [0, 0.05) is 56.8 Å². The minimum absolute atomic E-state index is 0.0848. The molecule has 2 amide bonds. The summed E-state index contributed by atoms with van der Waals surface area (Å²) >= 11 is 0. The molecule has 0 spiro atoms. The van der Waals surface area contributed by atoms with E-state index in [1.807, 2.05) is 47.1 Å². The van der Waals surface area contributed by atoms with Gasteiger partial charge in [-0.2, -0.15) is 13.2 Å². The van der Waals surface area contributed by atoms with Gasteiger partial charge in [0.25, 0.3) is 5.91 Å². The lowest BCUT2D eigenvalue weighted by Crippen LogP contribution is -2.63. The molecule has 2 aliphatic heterocycles. The van der Waals surface area contributed by atoms with Gasteiger partial charge in [0.15, 0.2) is 0 Å². The third kappa shape index (κ3) is 6.47. The number of fused-ring (bicyclic) bond motifs is 1. The van der Waals surface area contributed by atoms with E-state index in [1.165, 1.54) is 12.1 Å². The molecule has 5 rings (SSSR count). The molecule has 3 aromatic carbocycles. The molecule has 2 aliphatic rings. The van der Waals surface area contributed by atoms with Crippen molar-refractivity contribution >= 4 is 11.8 Å². The number of alkyl halides is 3. The van der Waals surface area contributed by atoms with Gasteiger partial charge in [-0.1, -0.05) is 37.3 Å². The van der Waals surface area contributed by atoms with Gasteiger partial charge in [0.05, 0.1) is 5.56 Å². The number of rotatable bonds is 6. The van der Waals surface area contributed by atoms with E-state index in [1.54, 1.807) is 24.3 Å². The van der Waals surface area contributed by atoms with Crippen LogP contribution in [0.5, 0.6) is 11.5 Å². The van der Waals surface area contributed by atoms with E-state index in [9.17, 15) is 22.8 Å². The number of benzene rings is 3. The lowest BCUT2D eigenvalue weighted by atomic mass is 9.98. The van der Waals surface area contributed by atoms with E-state index >= 15 is 0 Å². The number of hydrogen-bond acceptors (Lipinski definition) is 4. The highest BCUT2D eigenvalue weighted by Crippen LogP contribution is 2.31. The van der Waals surface area contributed by atoms with Gasteiger partial charge < -0.3 is 14.5 Å². The average Bonchev–Trinajstić information content (AvgIpc) is 2.96. The molecule has 0 radical (unpaired) electrons. The maximum absolute atomic E-state index is 13.3. The second-order valence-electron chi connectivity index (χ2n) is 10.5. The number of nitrogens with zero attached hydrogens (tertiary/aromatic N) is 3. The fourth-order valence-electron chi connectivity index (χ4n) is 5.40. The molecular weight excluding hydrogens is 519 g/mol. The first-order valence-electron chi connectivity index (χ1n) is 13.5. The van der Waals surface area contributed by atoms with Gasteiger partial charge in [-0.3, -0.25) is 14.5 Å². The Morgan fingerprint density at radius 3 is 2.02 bits per heavy atom. The minimum Gasteiger partial charge on any atom is -0.457 e. The summed E-state index contributed by atoms with van der Waals surface area (Å²) < 4.78 is 44.0. The van der Waals surface area contributed by atoms with E-state index in [4.69, 9.17) is 4.74 Å². The zero-order chi connectivity index (χ0) is 28.3. The van der Waals surface area contributed by atoms with Crippen LogP contribution in [0.25, 0.3) is 0 Å². The molecule has 0 N–H and O–H groups in total. The van der Waals surface area contributed by atoms with Crippen LogP contribution in [-0.2, 0) is 17.4 Å². The Balaban J connectivity index is 1.16. The smallest absolute Gasteiger partial charge is 0.416 e. The zero-order valence-corrected chi connectivity index (χ0v) is 22.3. The standard InChI is InChI=1S/C31H32F3N3O3/c1-22(19-23-5-3-2-4-6-23)29(38)36-17-15-35-16-18-37(21-26(35)20-36)30(39)24-7-11-27(12-8-24)40-28-13-9-25(10-14-28)31(32,33)34/h2-14,22,26H,15-21H2,1H3. The average molecular weight is 552 g/mol. The molecule has 0 aliphatic carbocycles. The van der Waals surface area contributed by atoms with Crippen LogP contribution in [0, 0.1) is 5.92 Å². The van der Waals surface area contributed by atoms with Crippen molar-refractivity contribution in [2.75, 3.05) is 39.3 Å². The van der Waals surface area contributed by atoms with Crippen LogP contribution in [0.1, 0.15) is 28.4 Å². The van der Waals surface area contributed by atoms with E-state index in [2.05, 4.69) is 4.90 Å². The summed E-state index contributed by atoms with van der Waals surface area (Å²) in [6.45, 7) is 5.98.